The Labute approximate surface area is 69.4 Å². The van der Waals surface area contributed by atoms with Gasteiger partial charge in [0.1, 0.15) is 24.5 Å². The van der Waals surface area contributed by atoms with E-state index in [0.717, 1.165) is 0 Å². The summed E-state index contributed by atoms with van der Waals surface area (Å²) in [6, 6.07) is 0. The molecule has 1 saturated heterocycles. The average Bonchev–Trinajstić information content (AvgIpc) is 2.33. The third kappa shape index (κ3) is 1.74. The van der Waals surface area contributed by atoms with Gasteiger partial charge in [-0.3, -0.25) is 5.32 Å². The van der Waals surface area contributed by atoms with Crippen LogP contribution < -0.4 is 5.32 Å². The summed E-state index contributed by atoms with van der Waals surface area (Å²) in [4.78, 5) is 0. The molecule has 0 spiro atoms. The Morgan fingerprint density at radius 1 is 1.17 bits per heavy atom. The van der Waals surface area contributed by atoms with Gasteiger partial charge in [0.25, 0.3) is 0 Å². The van der Waals surface area contributed by atoms with Crippen molar-refractivity contribution in [1.82, 2.24) is 5.32 Å². The van der Waals surface area contributed by atoms with Crippen LogP contribution in [0.15, 0.2) is 0 Å². The number of hydrogen-bond donors (Lipinski definition) is 5. The highest BCUT2D eigenvalue weighted by molar-refractivity contribution is 4.88. The van der Waals surface area contributed by atoms with Crippen molar-refractivity contribution in [3.8, 4) is 0 Å². The van der Waals surface area contributed by atoms with Crippen molar-refractivity contribution < 1.29 is 25.2 Å². The van der Waals surface area contributed by atoms with Gasteiger partial charge in [0.2, 0.25) is 0 Å². The molecule has 6 heteroatoms. The van der Waals surface area contributed by atoms with E-state index in [1.54, 1.807) is 0 Å². The second-order valence-corrected chi connectivity index (χ2v) is 2.62. The minimum absolute atomic E-state index is 0.355. The van der Waals surface area contributed by atoms with E-state index in [0.29, 0.717) is 0 Å². The molecule has 0 aliphatic carbocycles. The number of hydrogen-bond acceptors (Lipinski definition) is 6. The molecular weight excluding hydrogens is 166 g/mol. The molecule has 0 saturated carbocycles. The molecule has 0 bridgehead atoms. The third-order valence-electron chi connectivity index (χ3n) is 1.83. The van der Waals surface area contributed by atoms with Crippen LogP contribution in [-0.2, 0) is 4.74 Å². The fourth-order valence-corrected chi connectivity index (χ4v) is 1.16. The summed E-state index contributed by atoms with van der Waals surface area (Å²) >= 11 is 0. The predicted molar refractivity (Wildman–Crippen MR) is 38.0 cm³/mol. The minimum Gasteiger partial charge on any atom is -0.394 e. The van der Waals surface area contributed by atoms with Gasteiger partial charge in [-0.2, -0.15) is 0 Å². The summed E-state index contributed by atoms with van der Waals surface area (Å²) in [6.45, 7) is -0.714. The zero-order valence-corrected chi connectivity index (χ0v) is 6.42. The van der Waals surface area contributed by atoms with Crippen molar-refractivity contribution in [2.24, 2.45) is 0 Å². The Morgan fingerprint density at radius 3 is 2.25 bits per heavy atom. The summed E-state index contributed by atoms with van der Waals surface area (Å²) < 4.78 is 4.95. The van der Waals surface area contributed by atoms with E-state index >= 15 is 0 Å². The standard InChI is InChI=1S/C6H13NO5/c8-1-3-4(10)5(11)6(12-3)7-2-9/h3-11H,1-2H2. The molecule has 6 nitrogen and oxygen atoms in total. The summed E-state index contributed by atoms with van der Waals surface area (Å²) in [7, 11) is 0. The molecule has 0 aromatic heterocycles. The first kappa shape index (κ1) is 9.85. The monoisotopic (exact) mass is 179 g/mol. The number of ether oxygens (including phenoxy) is 1. The lowest BCUT2D eigenvalue weighted by molar-refractivity contribution is -0.0412. The van der Waals surface area contributed by atoms with Crippen molar-refractivity contribution >= 4 is 0 Å². The first-order valence-corrected chi connectivity index (χ1v) is 3.67. The van der Waals surface area contributed by atoms with Gasteiger partial charge in [0.05, 0.1) is 13.3 Å². The van der Waals surface area contributed by atoms with Crippen LogP contribution in [-0.4, -0.2) is 58.3 Å². The predicted octanol–water partition coefficient (Wildman–Crippen LogP) is -3.04. The van der Waals surface area contributed by atoms with Crippen LogP contribution in [0.4, 0.5) is 0 Å². The maximum Gasteiger partial charge on any atom is 0.139 e. The molecule has 5 N–H and O–H groups in total. The van der Waals surface area contributed by atoms with Crippen LogP contribution in [0.1, 0.15) is 0 Å². The highest BCUT2D eigenvalue weighted by Gasteiger charge is 2.41. The van der Waals surface area contributed by atoms with Gasteiger partial charge in [-0.05, 0) is 0 Å². The maximum absolute atomic E-state index is 9.23. The van der Waals surface area contributed by atoms with E-state index in [2.05, 4.69) is 5.32 Å². The lowest BCUT2D eigenvalue weighted by atomic mass is 10.1. The number of aliphatic hydroxyl groups excluding tert-OH is 4. The van der Waals surface area contributed by atoms with Crippen LogP contribution >= 0.6 is 0 Å². The first-order valence-electron chi connectivity index (χ1n) is 3.67. The number of nitrogens with one attached hydrogen (secondary N) is 1. The van der Waals surface area contributed by atoms with Gasteiger partial charge < -0.3 is 25.2 Å². The molecule has 1 rings (SSSR count). The van der Waals surface area contributed by atoms with E-state index in [1.165, 1.54) is 0 Å². The molecule has 1 heterocycles. The lowest BCUT2D eigenvalue weighted by Gasteiger charge is -2.13. The topological polar surface area (TPSA) is 102 Å². The maximum atomic E-state index is 9.23. The molecule has 72 valence electrons. The SMILES string of the molecule is OCNC1OC(CO)C(O)C1O. The van der Waals surface area contributed by atoms with E-state index in [1.807, 2.05) is 0 Å². The Kier molecular flexibility index (Phi) is 3.39. The van der Waals surface area contributed by atoms with Crippen molar-refractivity contribution in [2.45, 2.75) is 24.5 Å². The molecule has 0 amide bonds. The van der Waals surface area contributed by atoms with Crippen LogP contribution in [0.5, 0.6) is 0 Å². The molecule has 12 heavy (non-hydrogen) atoms. The van der Waals surface area contributed by atoms with Crippen molar-refractivity contribution in [3.63, 3.8) is 0 Å². The van der Waals surface area contributed by atoms with E-state index < -0.39 is 24.5 Å². The Bertz CT molecular complexity index is 144. The van der Waals surface area contributed by atoms with Gasteiger partial charge in [0.15, 0.2) is 0 Å². The Balaban J connectivity index is 2.48. The third-order valence-corrected chi connectivity index (χ3v) is 1.83. The zero-order chi connectivity index (χ0) is 9.14. The van der Waals surface area contributed by atoms with Crippen LogP contribution in [0.2, 0.25) is 0 Å². The Morgan fingerprint density at radius 2 is 1.83 bits per heavy atom. The lowest BCUT2D eigenvalue weighted by Crippen LogP contribution is -2.41. The Hall–Kier alpha value is -0.240. The van der Waals surface area contributed by atoms with Gasteiger partial charge in [-0.25, -0.2) is 0 Å². The summed E-state index contributed by atoms with van der Waals surface area (Å²) in [6.07, 6.45) is -3.83. The van der Waals surface area contributed by atoms with E-state index in [-0.39, 0.29) is 13.3 Å². The molecule has 1 fully saturated rings. The average molecular weight is 179 g/mol. The van der Waals surface area contributed by atoms with Gasteiger partial charge >= 0.3 is 0 Å². The van der Waals surface area contributed by atoms with Crippen LogP contribution in [0, 0.1) is 0 Å². The quantitative estimate of drug-likeness (QED) is 0.295. The second-order valence-electron chi connectivity index (χ2n) is 2.62. The van der Waals surface area contributed by atoms with Crippen molar-refractivity contribution in [1.29, 1.82) is 0 Å². The fraction of sp³-hybridized carbons (Fsp3) is 1.00. The fourth-order valence-electron chi connectivity index (χ4n) is 1.16. The van der Waals surface area contributed by atoms with Gasteiger partial charge in [-0.1, -0.05) is 0 Å². The largest absolute Gasteiger partial charge is 0.394 e. The molecule has 4 atom stereocenters. The smallest absolute Gasteiger partial charge is 0.139 e. The molecule has 1 aliphatic heterocycles. The zero-order valence-electron chi connectivity index (χ0n) is 6.42. The van der Waals surface area contributed by atoms with Crippen LogP contribution in [0.25, 0.3) is 0 Å². The normalized spacial score (nSPS) is 42.0. The summed E-state index contributed by atoms with van der Waals surface area (Å²) in [5.74, 6) is 0. The van der Waals surface area contributed by atoms with Crippen molar-refractivity contribution in [2.75, 3.05) is 13.3 Å². The van der Waals surface area contributed by atoms with E-state index in [4.69, 9.17) is 14.9 Å². The molecule has 4 unspecified atom stereocenters. The minimum atomic E-state index is -1.12. The first-order chi connectivity index (χ1) is 5.70. The number of aliphatic hydroxyl groups is 4. The summed E-state index contributed by atoms with van der Waals surface area (Å²) in [5.41, 5.74) is 0. The summed E-state index contributed by atoms with van der Waals surface area (Å²) in [5, 5.41) is 37.9. The molecule has 0 aromatic rings. The highest BCUT2D eigenvalue weighted by atomic mass is 16.6. The molecule has 0 aromatic carbocycles. The second kappa shape index (κ2) is 4.13. The van der Waals surface area contributed by atoms with Gasteiger partial charge in [-0.15, -0.1) is 0 Å². The van der Waals surface area contributed by atoms with Gasteiger partial charge in [0, 0.05) is 0 Å². The number of rotatable bonds is 3. The van der Waals surface area contributed by atoms with E-state index in [9.17, 15) is 10.2 Å². The molecule has 1 aliphatic rings. The van der Waals surface area contributed by atoms with Crippen LogP contribution in [0.3, 0.4) is 0 Å². The van der Waals surface area contributed by atoms with Crippen molar-refractivity contribution in [3.05, 3.63) is 0 Å². The highest BCUT2D eigenvalue weighted by Crippen LogP contribution is 2.18. The molecular formula is C6H13NO5. The molecule has 0 radical (unpaired) electrons.